The van der Waals surface area contributed by atoms with E-state index < -0.39 is 4.92 Å². The molecule has 0 heterocycles. The van der Waals surface area contributed by atoms with Crippen LogP contribution in [0.1, 0.15) is 30.6 Å². The molecule has 1 aromatic carbocycles. The van der Waals surface area contributed by atoms with Crippen molar-refractivity contribution in [1.29, 1.82) is 0 Å². The highest BCUT2D eigenvalue weighted by Gasteiger charge is 2.21. The Morgan fingerprint density at radius 3 is 2.60 bits per heavy atom. The standard InChI is InChI=1S/C13H17ClN2O4/c1-9(2)15(4-3-5-17)13(18)10-6-11(14)8-12(7-10)16(19)20/h6-9,17H,3-5H2,1-2H3. The van der Waals surface area contributed by atoms with Crippen LogP contribution >= 0.6 is 11.6 Å². The van der Waals surface area contributed by atoms with E-state index in [1.54, 1.807) is 4.90 Å². The van der Waals surface area contributed by atoms with Crippen LogP contribution in [0.15, 0.2) is 18.2 Å². The molecular weight excluding hydrogens is 284 g/mol. The summed E-state index contributed by atoms with van der Waals surface area (Å²) in [6, 6.07) is 3.74. The van der Waals surface area contributed by atoms with Gasteiger partial charge in [0.2, 0.25) is 0 Å². The fourth-order valence-corrected chi connectivity index (χ4v) is 2.03. The summed E-state index contributed by atoms with van der Waals surface area (Å²) >= 11 is 5.81. The highest BCUT2D eigenvalue weighted by Crippen LogP contribution is 2.22. The molecule has 0 aliphatic heterocycles. The molecule has 0 bridgehead atoms. The Morgan fingerprint density at radius 2 is 2.10 bits per heavy atom. The monoisotopic (exact) mass is 300 g/mol. The van der Waals surface area contributed by atoms with Gasteiger partial charge in [0.25, 0.3) is 11.6 Å². The quantitative estimate of drug-likeness (QED) is 0.646. The lowest BCUT2D eigenvalue weighted by Gasteiger charge is -2.26. The predicted octanol–water partition coefficient (Wildman–Crippen LogP) is 2.48. The number of non-ortho nitro benzene ring substituents is 1. The van der Waals surface area contributed by atoms with Crippen LogP contribution in [0.5, 0.6) is 0 Å². The fraction of sp³-hybridized carbons (Fsp3) is 0.462. The van der Waals surface area contributed by atoms with Crippen molar-refractivity contribution in [3.05, 3.63) is 38.9 Å². The largest absolute Gasteiger partial charge is 0.396 e. The smallest absolute Gasteiger partial charge is 0.271 e. The first-order valence-corrected chi connectivity index (χ1v) is 6.61. The number of halogens is 1. The number of hydrogen-bond acceptors (Lipinski definition) is 4. The molecule has 110 valence electrons. The zero-order chi connectivity index (χ0) is 15.3. The highest BCUT2D eigenvalue weighted by atomic mass is 35.5. The third kappa shape index (κ3) is 4.18. The number of nitro groups is 1. The van der Waals surface area contributed by atoms with Gasteiger partial charge in [-0.1, -0.05) is 11.6 Å². The summed E-state index contributed by atoms with van der Waals surface area (Å²) in [6.45, 7) is 4.04. The number of nitrogens with zero attached hydrogens (tertiary/aromatic N) is 2. The van der Waals surface area contributed by atoms with Gasteiger partial charge in [-0.25, -0.2) is 0 Å². The lowest BCUT2D eigenvalue weighted by Crippen LogP contribution is -2.38. The Labute approximate surface area is 122 Å². The van der Waals surface area contributed by atoms with Crippen LogP contribution in [0.3, 0.4) is 0 Å². The van der Waals surface area contributed by atoms with E-state index >= 15 is 0 Å². The first-order chi connectivity index (χ1) is 9.36. The second-order valence-electron chi connectivity index (χ2n) is 4.62. The van der Waals surface area contributed by atoms with Gasteiger partial charge in [-0.3, -0.25) is 14.9 Å². The minimum absolute atomic E-state index is 0.0216. The molecule has 0 aliphatic rings. The Kier molecular flexibility index (Phi) is 5.91. The molecule has 0 fully saturated rings. The van der Waals surface area contributed by atoms with E-state index in [-0.39, 0.29) is 34.8 Å². The second-order valence-corrected chi connectivity index (χ2v) is 5.06. The number of aliphatic hydroxyl groups excluding tert-OH is 1. The molecule has 1 aromatic rings. The number of carbonyl (C=O) groups excluding carboxylic acids is 1. The van der Waals surface area contributed by atoms with E-state index in [4.69, 9.17) is 16.7 Å². The van der Waals surface area contributed by atoms with Crippen LogP contribution in [0.4, 0.5) is 5.69 Å². The molecule has 20 heavy (non-hydrogen) atoms. The van der Waals surface area contributed by atoms with Crippen LogP contribution in [0, 0.1) is 10.1 Å². The van der Waals surface area contributed by atoms with Crippen LogP contribution in [0.25, 0.3) is 0 Å². The first-order valence-electron chi connectivity index (χ1n) is 6.23. The molecule has 0 saturated carbocycles. The second kappa shape index (κ2) is 7.21. The summed E-state index contributed by atoms with van der Waals surface area (Å²) in [7, 11) is 0. The van der Waals surface area contributed by atoms with E-state index in [1.165, 1.54) is 18.2 Å². The minimum atomic E-state index is -0.587. The Balaban J connectivity index is 3.08. The van der Waals surface area contributed by atoms with Crippen LogP contribution in [-0.4, -0.2) is 40.0 Å². The molecule has 1 rings (SSSR count). The van der Waals surface area contributed by atoms with E-state index in [0.717, 1.165) is 0 Å². The van der Waals surface area contributed by atoms with Crippen LogP contribution in [0.2, 0.25) is 5.02 Å². The Bertz CT molecular complexity index is 505. The molecule has 0 saturated heterocycles. The molecular formula is C13H17ClN2O4. The van der Waals surface area contributed by atoms with Gasteiger partial charge in [-0.05, 0) is 26.3 Å². The number of carbonyl (C=O) groups is 1. The van der Waals surface area contributed by atoms with Crippen molar-refractivity contribution in [2.24, 2.45) is 0 Å². The number of amides is 1. The maximum atomic E-state index is 12.4. The molecule has 0 unspecified atom stereocenters. The maximum Gasteiger partial charge on any atom is 0.271 e. The lowest BCUT2D eigenvalue weighted by atomic mass is 10.1. The average molecular weight is 301 g/mol. The molecule has 0 atom stereocenters. The van der Waals surface area contributed by atoms with Crippen molar-refractivity contribution in [1.82, 2.24) is 4.90 Å². The summed E-state index contributed by atoms with van der Waals surface area (Å²) in [5.41, 5.74) is -0.0393. The van der Waals surface area contributed by atoms with Gasteiger partial charge in [0.1, 0.15) is 0 Å². The van der Waals surface area contributed by atoms with Crippen molar-refractivity contribution in [2.45, 2.75) is 26.3 Å². The van der Waals surface area contributed by atoms with Gasteiger partial charge >= 0.3 is 0 Å². The van der Waals surface area contributed by atoms with Gasteiger partial charge < -0.3 is 10.0 Å². The molecule has 0 spiro atoms. The van der Waals surface area contributed by atoms with Gasteiger partial charge in [-0.15, -0.1) is 0 Å². The normalized spacial score (nSPS) is 10.7. The zero-order valence-electron chi connectivity index (χ0n) is 11.4. The summed E-state index contributed by atoms with van der Waals surface area (Å²) in [5.74, 6) is -0.334. The number of rotatable bonds is 6. The lowest BCUT2D eigenvalue weighted by molar-refractivity contribution is -0.384. The molecule has 0 radical (unpaired) electrons. The number of aliphatic hydroxyl groups is 1. The summed E-state index contributed by atoms with van der Waals surface area (Å²) in [6.07, 6.45) is 0.451. The topological polar surface area (TPSA) is 83.7 Å². The molecule has 0 aromatic heterocycles. The molecule has 1 amide bonds. The Morgan fingerprint density at radius 1 is 1.45 bits per heavy atom. The van der Waals surface area contributed by atoms with E-state index in [2.05, 4.69) is 0 Å². The number of benzene rings is 1. The van der Waals surface area contributed by atoms with Crippen molar-refractivity contribution < 1.29 is 14.8 Å². The third-order valence-electron chi connectivity index (χ3n) is 2.78. The number of nitro benzene ring substituents is 1. The fourth-order valence-electron chi connectivity index (χ4n) is 1.80. The Hall–Kier alpha value is -1.66. The maximum absolute atomic E-state index is 12.4. The summed E-state index contributed by atoms with van der Waals surface area (Å²) < 4.78 is 0. The third-order valence-corrected chi connectivity index (χ3v) is 3.00. The van der Waals surface area contributed by atoms with Crippen LogP contribution < -0.4 is 0 Å². The minimum Gasteiger partial charge on any atom is -0.396 e. The molecule has 6 nitrogen and oxygen atoms in total. The molecule has 1 N–H and O–H groups in total. The van der Waals surface area contributed by atoms with Crippen molar-refractivity contribution in [3.63, 3.8) is 0 Å². The zero-order valence-corrected chi connectivity index (χ0v) is 12.1. The molecule has 0 aliphatic carbocycles. The molecule has 7 heteroatoms. The predicted molar refractivity (Wildman–Crippen MR) is 76.0 cm³/mol. The van der Waals surface area contributed by atoms with Crippen molar-refractivity contribution >= 4 is 23.2 Å². The number of hydrogen-bond donors (Lipinski definition) is 1. The SMILES string of the molecule is CC(C)N(CCCO)C(=O)c1cc(Cl)cc([N+](=O)[O-])c1. The first kappa shape index (κ1) is 16.4. The van der Waals surface area contributed by atoms with Gasteiger partial charge in [0, 0.05) is 41.9 Å². The average Bonchev–Trinajstić information content (AvgIpc) is 2.37. The highest BCUT2D eigenvalue weighted by molar-refractivity contribution is 6.31. The van der Waals surface area contributed by atoms with Gasteiger partial charge in [0.15, 0.2) is 0 Å². The van der Waals surface area contributed by atoms with E-state index in [1.807, 2.05) is 13.8 Å². The van der Waals surface area contributed by atoms with Crippen LogP contribution in [-0.2, 0) is 0 Å². The van der Waals surface area contributed by atoms with Gasteiger partial charge in [-0.2, -0.15) is 0 Å². The van der Waals surface area contributed by atoms with Crippen molar-refractivity contribution in [3.8, 4) is 0 Å². The summed E-state index contributed by atoms with van der Waals surface area (Å²) in [4.78, 5) is 24.1. The van der Waals surface area contributed by atoms with Gasteiger partial charge in [0.05, 0.1) is 4.92 Å². The van der Waals surface area contributed by atoms with Crippen molar-refractivity contribution in [2.75, 3.05) is 13.2 Å². The van der Waals surface area contributed by atoms with E-state index in [9.17, 15) is 14.9 Å². The van der Waals surface area contributed by atoms with E-state index in [0.29, 0.717) is 13.0 Å². The summed E-state index contributed by atoms with van der Waals surface area (Å²) in [5, 5.41) is 19.8.